The minimum Gasteiger partial charge on any atom is -0.255 e. The van der Waals surface area contributed by atoms with Gasteiger partial charge in [0.15, 0.2) is 4.70 Å². The van der Waals surface area contributed by atoms with Gasteiger partial charge in [0, 0.05) is 0 Å². The van der Waals surface area contributed by atoms with Crippen LogP contribution < -0.4 is 0 Å². The van der Waals surface area contributed by atoms with Crippen molar-refractivity contribution in [2.45, 2.75) is 45.4 Å². The lowest BCUT2D eigenvalue weighted by atomic mass is 9.83. The minimum atomic E-state index is 0.829. The number of aryl methyl sites for hydroxylation is 1. The predicted octanol–water partition coefficient (Wildman–Crippen LogP) is 10.7. The molecule has 2 heteroatoms. The van der Waals surface area contributed by atoms with Crippen LogP contribution in [-0.2, 0) is 0 Å². The van der Waals surface area contributed by atoms with Crippen molar-refractivity contribution in [2.75, 3.05) is 0 Å². The lowest BCUT2D eigenvalue weighted by molar-refractivity contribution is -0.418. The first kappa shape index (κ1) is 25.1. The minimum absolute atomic E-state index is 0.829. The van der Waals surface area contributed by atoms with E-state index in [9.17, 15) is 0 Å². The second-order valence-corrected chi connectivity index (χ2v) is 12.6. The van der Waals surface area contributed by atoms with Crippen LogP contribution >= 0.6 is 11.3 Å². The quantitative estimate of drug-likeness (QED) is 0.119. The van der Waals surface area contributed by atoms with Crippen molar-refractivity contribution in [3.05, 3.63) is 126 Å². The fraction of sp³-hybridized carbons (Fsp3) is 0.211. The summed E-state index contributed by atoms with van der Waals surface area (Å²) in [5.74, 6) is 0.829. The number of allylic oxidation sites excluding steroid dienone is 2. The molecule has 1 aliphatic carbocycles. The van der Waals surface area contributed by atoms with Crippen LogP contribution in [0.5, 0.6) is 0 Å². The first-order valence-electron chi connectivity index (χ1n) is 14.6. The third kappa shape index (κ3) is 4.82. The Morgan fingerprint density at radius 3 is 2.33 bits per heavy atom. The van der Waals surface area contributed by atoms with E-state index in [0.717, 1.165) is 5.92 Å². The molecule has 198 valence electrons. The molecular weight excluding hydrogens is 502 g/mol. The average molecular weight is 538 g/mol. The van der Waals surface area contributed by atoms with Crippen LogP contribution in [0.25, 0.3) is 42.4 Å². The third-order valence-electron chi connectivity index (χ3n) is 8.77. The van der Waals surface area contributed by atoms with Crippen LogP contribution in [0.2, 0.25) is 0 Å². The molecule has 7 rings (SSSR count). The Kier molecular flexibility index (Phi) is 6.65. The standard InChI is InChI=1S/C38H35NS/c1-26-21-37-35(25-34(26)36-23-28(19-20-39(36)2)22-27-9-5-3-6-10-27)33-18-17-32(24-38(33)40-37)31-15-13-30(14-16-31)29-11-7-4-8-12-29/h4,7-8,11-21,23-25,27H,2-3,5-6,9-10,22H2,1H3. The maximum Gasteiger partial charge on any atom is 0.159 e. The molecule has 1 aromatic heterocycles. The lowest BCUT2D eigenvalue weighted by Crippen LogP contribution is -2.17. The van der Waals surface area contributed by atoms with Gasteiger partial charge in [-0.25, -0.2) is 0 Å². The third-order valence-corrected chi connectivity index (χ3v) is 9.88. The molecule has 2 aliphatic rings. The Balaban J connectivity index is 1.21. The van der Waals surface area contributed by atoms with E-state index in [4.69, 9.17) is 0 Å². The summed E-state index contributed by atoms with van der Waals surface area (Å²) in [6.07, 6.45) is 14.9. The van der Waals surface area contributed by atoms with Crippen molar-refractivity contribution in [2.24, 2.45) is 5.92 Å². The van der Waals surface area contributed by atoms with Crippen LogP contribution in [0.4, 0.5) is 0 Å². The normalized spacial score (nSPS) is 16.2. The fourth-order valence-corrected chi connectivity index (χ4v) is 7.75. The zero-order valence-electron chi connectivity index (χ0n) is 23.2. The largest absolute Gasteiger partial charge is 0.255 e. The van der Waals surface area contributed by atoms with Gasteiger partial charge in [0.25, 0.3) is 0 Å². The number of hydrogen-bond acceptors (Lipinski definition) is 0. The highest BCUT2D eigenvalue weighted by Gasteiger charge is 2.22. The van der Waals surface area contributed by atoms with Gasteiger partial charge in [0.2, 0.25) is 0 Å². The number of nitrogens with zero attached hydrogens (tertiary/aromatic N) is 1. The number of hydrogen-bond donors (Lipinski definition) is 0. The molecule has 0 N–H and O–H groups in total. The van der Waals surface area contributed by atoms with Crippen molar-refractivity contribution in [1.29, 1.82) is 0 Å². The highest BCUT2D eigenvalue weighted by molar-refractivity contribution is 7.25. The molecule has 0 radical (unpaired) electrons. The molecule has 40 heavy (non-hydrogen) atoms. The Labute approximate surface area is 241 Å². The molecular formula is C38H35NS. The summed E-state index contributed by atoms with van der Waals surface area (Å²) in [5.41, 5.74) is 9.06. The van der Waals surface area contributed by atoms with E-state index in [-0.39, 0.29) is 0 Å². The van der Waals surface area contributed by atoms with Crippen molar-refractivity contribution >= 4 is 38.2 Å². The van der Waals surface area contributed by atoms with Crippen LogP contribution in [-0.4, -0.2) is 11.3 Å². The van der Waals surface area contributed by atoms with Gasteiger partial charge in [-0.05, 0) is 35.1 Å². The van der Waals surface area contributed by atoms with Gasteiger partial charge in [-0.3, -0.25) is 4.58 Å². The van der Waals surface area contributed by atoms with E-state index < -0.39 is 0 Å². The molecule has 1 saturated carbocycles. The van der Waals surface area contributed by atoms with Crippen molar-refractivity contribution in [3.63, 3.8) is 0 Å². The van der Waals surface area contributed by atoms with E-state index in [2.05, 4.69) is 117 Å². The zero-order chi connectivity index (χ0) is 27.1. The number of fused-ring (bicyclic) bond motifs is 3. The first-order chi connectivity index (χ1) is 19.6. The lowest BCUT2D eigenvalue weighted by Gasteiger charge is -2.26. The van der Waals surface area contributed by atoms with E-state index >= 15 is 0 Å². The maximum absolute atomic E-state index is 4.35. The highest BCUT2D eigenvalue weighted by atomic mass is 32.1. The van der Waals surface area contributed by atoms with E-state index in [1.807, 2.05) is 15.9 Å². The molecule has 5 aromatic rings. The second-order valence-electron chi connectivity index (χ2n) is 11.5. The Bertz CT molecular complexity index is 1760. The summed E-state index contributed by atoms with van der Waals surface area (Å²) in [5, 5.41) is 2.67. The van der Waals surface area contributed by atoms with Crippen LogP contribution in [0, 0.1) is 18.9 Å². The van der Waals surface area contributed by atoms with Crippen molar-refractivity contribution in [1.82, 2.24) is 0 Å². The molecule has 0 saturated heterocycles. The van der Waals surface area contributed by atoms with Gasteiger partial charge in [0.05, 0.1) is 6.72 Å². The van der Waals surface area contributed by atoms with Gasteiger partial charge in [0.1, 0.15) is 28.3 Å². The molecule has 1 aliphatic heterocycles. The van der Waals surface area contributed by atoms with Crippen LogP contribution in [0.15, 0.2) is 109 Å². The second kappa shape index (κ2) is 10.6. The molecule has 4 aromatic carbocycles. The Morgan fingerprint density at radius 1 is 0.850 bits per heavy atom. The van der Waals surface area contributed by atoms with Gasteiger partial charge in [-0.1, -0.05) is 145 Å². The topological polar surface area (TPSA) is 3.01 Å². The molecule has 1 nitrogen and oxygen atoms in total. The zero-order valence-corrected chi connectivity index (χ0v) is 24.0. The predicted molar refractivity (Wildman–Crippen MR) is 173 cm³/mol. The summed E-state index contributed by atoms with van der Waals surface area (Å²) in [6, 6.07) is 32.5. The van der Waals surface area contributed by atoms with E-state index in [1.165, 1.54) is 104 Å². The molecule has 0 unspecified atom stereocenters. The maximum atomic E-state index is 4.35. The monoisotopic (exact) mass is 537 g/mol. The van der Waals surface area contributed by atoms with Gasteiger partial charge < -0.3 is 0 Å². The van der Waals surface area contributed by atoms with Crippen molar-refractivity contribution in [3.8, 4) is 22.3 Å². The molecule has 0 amide bonds. The van der Waals surface area contributed by atoms with E-state index in [0.29, 0.717) is 0 Å². The summed E-state index contributed by atoms with van der Waals surface area (Å²) >= 11 is 1.90. The Hall–Kier alpha value is -3.88. The van der Waals surface area contributed by atoms with Gasteiger partial charge in [-0.15, -0.1) is 18.2 Å². The van der Waals surface area contributed by atoms with Crippen LogP contribution in [0.3, 0.4) is 0 Å². The highest BCUT2D eigenvalue weighted by Crippen LogP contribution is 2.40. The molecule has 0 bridgehead atoms. The number of rotatable bonds is 5. The summed E-state index contributed by atoms with van der Waals surface area (Å²) in [4.78, 5) is 0. The fourth-order valence-electron chi connectivity index (χ4n) is 6.52. The number of thiophene rings is 1. The van der Waals surface area contributed by atoms with Gasteiger partial charge >= 0.3 is 0 Å². The van der Waals surface area contributed by atoms with Gasteiger partial charge in [-0.2, -0.15) is 0 Å². The summed E-state index contributed by atoms with van der Waals surface area (Å²) in [6.45, 7) is 6.59. The summed E-state index contributed by atoms with van der Waals surface area (Å²) in [7, 11) is 0. The molecule has 1 fully saturated rings. The summed E-state index contributed by atoms with van der Waals surface area (Å²) < 4.78 is 4.73. The first-order valence-corrected chi connectivity index (χ1v) is 15.4. The SMILES string of the molecule is C=[N+]1C=CC(CC2CCCCC2)=C[C-]1c1cc2c(cc1C)[s+][c-]1cc(-c3ccc(-c4ccccc4)cc3)ccc21. The van der Waals surface area contributed by atoms with E-state index in [1.54, 1.807) is 0 Å². The smallest absolute Gasteiger partial charge is 0.159 e. The number of benzene rings is 4. The average Bonchev–Trinajstić information content (AvgIpc) is 3.35. The molecule has 2 heterocycles. The Morgan fingerprint density at radius 2 is 1.55 bits per heavy atom. The van der Waals surface area contributed by atoms with Crippen LogP contribution in [0.1, 0.15) is 49.7 Å². The van der Waals surface area contributed by atoms with Crippen molar-refractivity contribution < 1.29 is 4.58 Å². The molecule has 0 spiro atoms. The molecule has 0 atom stereocenters.